The van der Waals surface area contributed by atoms with Gasteiger partial charge in [0.05, 0.1) is 18.8 Å². The molecular weight excluding hydrogens is 455 g/mol. The Labute approximate surface area is 217 Å². The molecule has 1 fully saturated rings. The quantitative estimate of drug-likeness (QED) is 0.176. The summed E-state index contributed by atoms with van der Waals surface area (Å²) < 4.78 is 25.6. The van der Waals surface area contributed by atoms with Crippen LogP contribution in [0.1, 0.15) is 94.6 Å². The third-order valence-electron chi connectivity index (χ3n) is 8.30. The van der Waals surface area contributed by atoms with Crippen molar-refractivity contribution in [2.24, 2.45) is 17.8 Å². The molecule has 0 aliphatic heterocycles. The SMILES string of the molecule is C=C(CO)C(=O)OCC(COC)c1ccc(C2=CCC(C3CCC(CCCCC)CC3)CC2)cc1F. The average Bonchev–Trinajstić information content (AvgIpc) is 2.91. The first kappa shape index (κ1) is 28.6. The number of benzene rings is 1. The fraction of sp³-hybridized carbons (Fsp3) is 0.645. The van der Waals surface area contributed by atoms with E-state index in [0.717, 1.165) is 36.2 Å². The number of esters is 1. The molecule has 1 aromatic carbocycles. The van der Waals surface area contributed by atoms with Crippen LogP contribution >= 0.6 is 0 Å². The molecule has 1 aromatic rings. The van der Waals surface area contributed by atoms with Gasteiger partial charge in [0.25, 0.3) is 0 Å². The third-order valence-corrected chi connectivity index (χ3v) is 8.30. The number of hydrogen-bond donors (Lipinski definition) is 1. The molecule has 2 atom stereocenters. The number of allylic oxidation sites excluding steroid dienone is 2. The topological polar surface area (TPSA) is 55.8 Å². The van der Waals surface area contributed by atoms with Crippen molar-refractivity contribution in [1.29, 1.82) is 0 Å². The molecule has 2 aliphatic rings. The molecule has 0 aromatic heterocycles. The summed E-state index contributed by atoms with van der Waals surface area (Å²) in [6.07, 6.45) is 16.7. The van der Waals surface area contributed by atoms with Gasteiger partial charge in [0.2, 0.25) is 0 Å². The molecule has 36 heavy (non-hydrogen) atoms. The van der Waals surface area contributed by atoms with Gasteiger partial charge in [-0.2, -0.15) is 0 Å². The van der Waals surface area contributed by atoms with Crippen molar-refractivity contribution in [2.75, 3.05) is 26.9 Å². The molecule has 0 heterocycles. The van der Waals surface area contributed by atoms with Crippen LogP contribution in [0.5, 0.6) is 0 Å². The number of hydrogen-bond acceptors (Lipinski definition) is 4. The van der Waals surface area contributed by atoms with Gasteiger partial charge in [-0.3, -0.25) is 0 Å². The van der Waals surface area contributed by atoms with Gasteiger partial charge in [0.15, 0.2) is 0 Å². The Bertz CT molecular complexity index is 885. The minimum atomic E-state index is -0.678. The van der Waals surface area contributed by atoms with E-state index in [1.807, 2.05) is 6.07 Å². The number of carbonyl (C=O) groups is 1. The Balaban J connectivity index is 1.55. The van der Waals surface area contributed by atoms with E-state index < -0.39 is 18.5 Å². The fourth-order valence-corrected chi connectivity index (χ4v) is 6.01. The van der Waals surface area contributed by atoms with Crippen LogP contribution in [0.3, 0.4) is 0 Å². The summed E-state index contributed by atoms with van der Waals surface area (Å²) in [5.41, 5.74) is 2.62. The van der Waals surface area contributed by atoms with Crippen molar-refractivity contribution in [3.63, 3.8) is 0 Å². The Morgan fingerprint density at radius 1 is 1.14 bits per heavy atom. The highest BCUT2D eigenvalue weighted by molar-refractivity contribution is 5.87. The molecule has 1 saturated carbocycles. The van der Waals surface area contributed by atoms with E-state index in [1.54, 1.807) is 12.1 Å². The van der Waals surface area contributed by atoms with E-state index in [-0.39, 0.29) is 24.6 Å². The number of methoxy groups -OCH3 is 1. The summed E-state index contributed by atoms with van der Waals surface area (Å²) in [7, 11) is 1.54. The van der Waals surface area contributed by atoms with Crippen molar-refractivity contribution < 1.29 is 23.8 Å². The first-order chi connectivity index (χ1) is 17.5. The van der Waals surface area contributed by atoms with Crippen molar-refractivity contribution in [3.8, 4) is 0 Å². The second-order valence-electron chi connectivity index (χ2n) is 10.8. The molecule has 0 amide bonds. The number of carbonyl (C=O) groups excluding carboxylic acids is 1. The van der Waals surface area contributed by atoms with Crippen LogP contribution in [0.25, 0.3) is 5.57 Å². The first-order valence-corrected chi connectivity index (χ1v) is 13.9. The molecule has 1 N–H and O–H groups in total. The molecule has 0 saturated heterocycles. The lowest BCUT2D eigenvalue weighted by Crippen LogP contribution is -2.23. The van der Waals surface area contributed by atoms with E-state index in [9.17, 15) is 4.79 Å². The van der Waals surface area contributed by atoms with Crippen molar-refractivity contribution >= 4 is 11.5 Å². The van der Waals surface area contributed by atoms with Crippen molar-refractivity contribution in [3.05, 3.63) is 53.4 Å². The Morgan fingerprint density at radius 2 is 1.92 bits per heavy atom. The number of aliphatic hydroxyl groups excluding tert-OH is 1. The van der Waals surface area contributed by atoms with Gasteiger partial charge >= 0.3 is 5.97 Å². The molecule has 0 spiro atoms. The second-order valence-corrected chi connectivity index (χ2v) is 10.8. The third kappa shape index (κ3) is 8.01. The first-order valence-electron chi connectivity index (χ1n) is 13.9. The molecule has 3 rings (SSSR count). The number of unbranched alkanes of at least 4 members (excludes halogenated alkanes) is 2. The predicted octanol–water partition coefficient (Wildman–Crippen LogP) is 7.22. The highest BCUT2D eigenvalue weighted by Gasteiger charge is 2.29. The van der Waals surface area contributed by atoms with Crippen LogP contribution in [0, 0.1) is 23.6 Å². The maximum atomic E-state index is 15.2. The van der Waals surface area contributed by atoms with E-state index in [0.29, 0.717) is 5.56 Å². The molecule has 2 aliphatic carbocycles. The van der Waals surface area contributed by atoms with Gasteiger partial charge in [0.1, 0.15) is 12.4 Å². The van der Waals surface area contributed by atoms with Crippen LogP contribution in [-0.4, -0.2) is 38.0 Å². The van der Waals surface area contributed by atoms with Crippen LogP contribution in [0.15, 0.2) is 36.4 Å². The zero-order chi connectivity index (χ0) is 25.9. The minimum absolute atomic E-state index is 0.0236. The normalized spacial score (nSPS) is 23.1. The number of halogens is 1. The van der Waals surface area contributed by atoms with E-state index in [4.69, 9.17) is 14.6 Å². The molecule has 5 heteroatoms. The largest absolute Gasteiger partial charge is 0.462 e. The van der Waals surface area contributed by atoms with Crippen molar-refractivity contribution in [2.45, 2.75) is 83.5 Å². The summed E-state index contributed by atoms with van der Waals surface area (Å²) in [6.45, 7) is 5.47. The summed E-state index contributed by atoms with van der Waals surface area (Å²) in [4.78, 5) is 11.8. The van der Waals surface area contributed by atoms with Crippen LogP contribution in [0.4, 0.5) is 4.39 Å². The van der Waals surface area contributed by atoms with E-state index in [1.165, 1.54) is 70.5 Å². The van der Waals surface area contributed by atoms with Gasteiger partial charge in [-0.25, -0.2) is 9.18 Å². The van der Waals surface area contributed by atoms with Crippen LogP contribution in [0.2, 0.25) is 0 Å². The van der Waals surface area contributed by atoms with E-state index in [2.05, 4.69) is 19.6 Å². The summed E-state index contributed by atoms with van der Waals surface area (Å²) in [6, 6.07) is 5.37. The maximum Gasteiger partial charge on any atom is 0.335 e. The molecular formula is C31H45FO4. The monoisotopic (exact) mass is 500 g/mol. The lowest BCUT2D eigenvalue weighted by atomic mass is 9.70. The smallest absolute Gasteiger partial charge is 0.335 e. The van der Waals surface area contributed by atoms with Gasteiger partial charge in [-0.15, -0.1) is 0 Å². The lowest BCUT2D eigenvalue weighted by Gasteiger charge is -2.35. The maximum absolute atomic E-state index is 15.2. The molecule has 4 nitrogen and oxygen atoms in total. The van der Waals surface area contributed by atoms with Crippen LogP contribution in [-0.2, 0) is 14.3 Å². The Kier molecular flexibility index (Phi) is 11.7. The molecule has 0 bridgehead atoms. The van der Waals surface area contributed by atoms with E-state index >= 15 is 4.39 Å². The number of rotatable bonds is 13. The highest BCUT2D eigenvalue weighted by atomic mass is 19.1. The average molecular weight is 501 g/mol. The molecule has 200 valence electrons. The standard InChI is InChI=1S/C31H45FO4/c1-4-5-6-7-23-8-10-24(11-9-23)25-12-14-26(15-13-25)27-16-17-29(30(32)18-27)28(20-35-3)21-36-31(34)22(2)19-33/h14,16-18,23-25,28,33H,2,4-13,15,19-21H2,1,3H3. The number of ether oxygens (including phenoxy) is 2. The highest BCUT2D eigenvalue weighted by Crippen LogP contribution is 2.42. The lowest BCUT2D eigenvalue weighted by molar-refractivity contribution is -0.140. The van der Waals surface area contributed by atoms with Crippen molar-refractivity contribution in [1.82, 2.24) is 0 Å². The fourth-order valence-electron chi connectivity index (χ4n) is 6.01. The van der Waals surface area contributed by atoms with Crippen LogP contribution < -0.4 is 0 Å². The summed E-state index contributed by atoms with van der Waals surface area (Å²) >= 11 is 0. The van der Waals surface area contributed by atoms with Gasteiger partial charge in [0, 0.05) is 13.0 Å². The predicted molar refractivity (Wildman–Crippen MR) is 143 cm³/mol. The number of aliphatic hydroxyl groups is 1. The molecule has 0 radical (unpaired) electrons. The zero-order valence-corrected chi connectivity index (χ0v) is 22.3. The van der Waals surface area contributed by atoms with Gasteiger partial charge < -0.3 is 14.6 Å². The molecule has 2 unspecified atom stereocenters. The van der Waals surface area contributed by atoms with Gasteiger partial charge in [-0.05, 0) is 72.6 Å². The minimum Gasteiger partial charge on any atom is -0.462 e. The summed E-state index contributed by atoms with van der Waals surface area (Å²) in [5.74, 6) is 1.15. The van der Waals surface area contributed by atoms with Gasteiger partial charge in [-0.1, -0.05) is 70.2 Å². The zero-order valence-electron chi connectivity index (χ0n) is 22.3. The summed E-state index contributed by atoms with van der Waals surface area (Å²) in [5, 5.41) is 9.04. The Hall–Kier alpha value is -1.98. The Morgan fingerprint density at radius 3 is 2.53 bits per heavy atom. The second kappa shape index (κ2) is 14.7.